The maximum absolute atomic E-state index is 12.4. The Kier molecular flexibility index (Phi) is 3.71. The average molecular weight is 308 g/mol. The second-order valence-corrected chi connectivity index (χ2v) is 6.87. The van der Waals surface area contributed by atoms with E-state index in [-0.39, 0.29) is 11.9 Å². The van der Waals surface area contributed by atoms with E-state index in [4.69, 9.17) is 5.73 Å². The summed E-state index contributed by atoms with van der Waals surface area (Å²) in [5, 5.41) is 14.0. The molecule has 1 aliphatic rings. The first kappa shape index (κ1) is 13.5. The summed E-state index contributed by atoms with van der Waals surface area (Å²) in [4.78, 5) is 13.2. The van der Waals surface area contributed by atoms with Crippen molar-refractivity contribution in [1.82, 2.24) is 15.5 Å². The van der Waals surface area contributed by atoms with E-state index in [2.05, 4.69) is 20.9 Å². The van der Waals surface area contributed by atoms with Gasteiger partial charge in [-0.3, -0.25) is 4.79 Å². The van der Waals surface area contributed by atoms with Gasteiger partial charge < -0.3 is 11.1 Å². The van der Waals surface area contributed by atoms with Gasteiger partial charge in [-0.2, -0.15) is 0 Å². The Bertz CT molecular complexity index is 634. The van der Waals surface area contributed by atoms with Crippen molar-refractivity contribution >= 4 is 33.7 Å². The van der Waals surface area contributed by atoms with Crippen LogP contribution in [0.25, 0.3) is 0 Å². The molecule has 2 aromatic rings. The first-order valence-corrected chi connectivity index (χ1v) is 8.33. The summed E-state index contributed by atoms with van der Waals surface area (Å²) in [6.45, 7) is 1.90. The van der Waals surface area contributed by atoms with Crippen molar-refractivity contribution < 1.29 is 4.79 Å². The number of nitrogens with one attached hydrogen (secondary N) is 1. The number of fused-ring (bicyclic) bond motifs is 1. The van der Waals surface area contributed by atoms with Crippen molar-refractivity contribution in [2.75, 3.05) is 5.73 Å². The Morgan fingerprint density at radius 2 is 2.20 bits per heavy atom. The largest absolute Gasteiger partial charge is 0.374 e. The number of aromatic nitrogens is 2. The Morgan fingerprint density at radius 3 is 2.95 bits per heavy atom. The Hall–Kier alpha value is -1.47. The minimum Gasteiger partial charge on any atom is -0.374 e. The second kappa shape index (κ2) is 5.49. The molecule has 0 bridgehead atoms. The van der Waals surface area contributed by atoms with Crippen LogP contribution >= 0.6 is 22.7 Å². The molecule has 5 nitrogen and oxygen atoms in total. The van der Waals surface area contributed by atoms with Crippen LogP contribution in [-0.4, -0.2) is 16.1 Å². The van der Waals surface area contributed by atoms with Gasteiger partial charge in [-0.25, -0.2) is 0 Å². The van der Waals surface area contributed by atoms with Crippen LogP contribution < -0.4 is 11.1 Å². The lowest BCUT2D eigenvalue weighted by atomic mass is 9.94. The van der Waals surface area contributed by atoms with Crippen molar-refractivity contribution in [1.29, 1.82) is 0 Å². The molecule has 7 heteroatoms. The fourth-order valence-corrected chi connectivity index (χ4v) is 4.13. The zero-order valence-electron chi connectivity index (χ0n) is 11.2. The zero-order valence-corrected chi connectivity index (χ0v) is 12.8. The van der Waals surface area contributed by atoms with E-state index < -0.39 is 0 Å². The van der Waals surface area contributed by atoms with Crippen molar-refractivity contribution in [2.24, 2.45) is 0 Å². The maximum atomic E-state index is 12.4. The van der Waals surface area contributed by atoms with Gasteiger partial charge in [0.2, 0.25) is 5.13 Å². The van der Waals surface area contributed by atoms with Crippen LogP contribution in [0.2, 0.25) is 0 Å². The highest BCUT2D eigenvalue weighted by molar-refractivity contribution is 7.15. The molecule has 2 heterocycles. The predicted molar refractivity (Wildman–Crippen MR) is 81.2 cm³/mol. The molecule has 0 fully saturated rings. The van der Waals surface area contributed by atoms with E-state index in [1.807, 2.05) is 6.92 Å². The number of carbonyl (C=O) groups is 1. The van der Waals surface area contributed by atoms with Crippen molar-refractivity contribution in [3.8, 4) is 0 Å². The van der Waals surface area contributed by atoms with Crippen LogP contribution in [-0.2, 0) is 12.8 Å². The van der Waals surface area contributed by atoms with Crippen LogP contribution in [0.1, 0.15) is 51.6 Å². The van der Waals surface area contributed by atoms with Gasteiger partial charge in [-0.15, -0.1) is 21.5 Å². The number of aryl methyl sites for hydroxylation is 1. The van der Waals surface area contributed by atoms with Gasteiger partial charge in [-0.1, -0.05) is 11.3 Å². The van der Waals surface area contributed by atoms with Crippen LogP contribution in [0.15, 0.2) is 5.38 Å². The molecule has 1 amide bonds. The Labute approximate surface area is 125 Å². The standard InChI is InChI=1S/C13H16N4OS2/c1-7(12-16-17-13(14)20-12)15-11(18)10-9-5-3-2-4-8(9)6-19-10/h6-7H,2-5H2,1H3,(H2,14,17)(H,15,18)/t7-/m1/s1. The number of thiophene rings is 1. The summed E-state index contributed by atoms with van der Waals surface area (Å²) in [6.07, 6.45) is 4.51. The first-order valence-electron chi connectivity index (χ1n) is 6.64. The third kappa shape index (κ3) is 2.55. The van der Waals surface area contributed by atoms with E-state index in [0.29, 0.717) is 5.13 Å². The number of anilines is 1. The number of amides is 1. The lowest BCUT2D eigenvalue weighted by Crippen LogP contribution is -2.27. The van der Waals surface area contributed by atoms with E-state index in [1.165, 1.54) is 35.3 Å². The molecule has 0 aliphatic heterocycles. The summed E-state index contributed by atoms with van der Waals surface area (Å²) in [5.74, 6) is -0.0144. The number of nitrogen functional groups attached to an aromatic ring is 1. The molecular weight excluding hydrogens is 292 g/mol. The molecule has 0 saturated heterocycles. The van der Waals surface area contributed by atoms with Crippen molar-refractivity contribution in [3.05, 3.63) is 26.4 Å². The van der Waals surface area contributed by atoms with Gasteiger partial charge >= 0.3 is 0 Å². The van der Waals surface area contributed by atoms with E-state index >= 15 is 0 Å². The number of hydrogen-bond donors (Lipinski definition) is 2. The molecule has 1 aliphatic carbocycles. The topological polar surface area (TPSA) is 80.9 Å². The van der Waals surface area contributed by atoms with Gasteiger partial charge in [0, 0.05) is 0 Å². The first-order chi connectivity index (χ1) is 9.65. The number of nitrogens with zero attached hydrogens (tertiary/aromatic N) is 2. The Balaban J connectivity index is 1.75. The predicted octanol–water partition coefficient (Wildman–Crippen LogP) is 2.55. The van der Waals surface area contributed by atoms with Gasteiger partial charge in [0.1, 0.15) is 5.01 Å². The number of nitrogens with two attached hydrogens (primary N) is 1. The molecule has 20 heavy (non-hydrogen) atoms. The SMILES string of the molecule is C[C@@H](NC(=O)c1scc2c1CCCC2)c1nnc(N)s1. The summed E-state index contributed by atoms with van der Waals surface area (Å²) in [7, 11) is 0. The fraction of sp³-hybridized carbons (Fsp3) is 0.462. The molecule has 0 spiro atoms. The molecule has 3 N–H and O–H groups in total. The zero-order chi connectivity index (χ0) is 14.1. The average Bonchev–Trinajstić information content (AvgIpc) is 3.04. The quantitative estimate of drug-likeness (QED) is 0.913. The maximum Gasteiger partial charge on any atom is 0.262 e. The normalized spacial score (nSPS) is 15.7. The van der Waals surface area contributed by atoms with E-state index in [0.717, 1.165) is 22.7 Å². The smallest absolute Gasteiger partial charge is 0.262 e. The molecule has 0 aromatic carbocycles. The highest BCUT2D eigenvalue weighted by Gasteiger charge is 2.22. The van der Waals surface area contributed by atoms with Gasteiger partial charge in [-0.05, 0) is 49.1 Å². The third-order valence-corrected chi connectivity index (χ3v) is 5.49. The van der Waals surface area contributed by atoms with Crippen LogP contribution in [0.4, 0.5) is 5.13 Å². The highest BCUT2D eigenvalue weighted by Crippen LogP contribution is 2.30. The van der Waals surface area contributed by atoms with Gasteiger partial charge in [0.05, 0.1) is 10.9 Å². The molecule has 2 aromatic heterocycles. The minimum absolute atomic E-state index is 0.0144. The van der Waals surface area contributed by atoms with E-state index in [1.54, 1.807) is 11.3 Å². The van der Waals surface area contributed by atoms with Crippen molar-refractivity contribution in [3.63, 3.8) is 0 Å². The Morgan fingerprint density at radius 1 is 1.40 bits per heavy atom. The van der Waals surface area contributed by atoms with Gasteiger partial charge in [0.25, 0.3) is 5.91 Å². The molecule has 0 saturated carbocycles. The van der Waals surface area contributed by atoms with Crippen LogP contribution in [0, 0.1) is 0 Å². The lowest BCUT2D eigenvalue weighted by molar-refractivity contribution is 0.0943. The third-order valence-electron chi connectivity index (χ3n) is 3.48. The fourth-order valence-electron chi connectivity index (χ4n) is 2.46. The number of hydrogen-bond acceptors (Lipinski definition) is 6. The van der Waals surface area contributed by atoms with Crippen molar-refractivity contribution in [2.45, 2.75) is 38.6 Å². The number of rotatable bonds is 3. The summed E-state index contributed by atoms with van der Waals surface area (Å²) in [6, 6.07) is -0.168. The lowest BCUT2D eigenvalue weighted by Gasteiger charge is -2.14. The molecule has 0 unspecified atom stereocenters. The summed E-state index contributed by atoms with van der Waals surface area (Å²) < 4.78 is 0. The molecule has 3 rings (SSSR count). The summed E-state index contributed by atoms with van der Waals surface area (Å²) in [5.41, 5.74) is 8.15. The van der Waals surface area contributed by atoms with Crippen LogP contribution in [0.5, 0.6) is 0 Å². The molecule has 106 valence electrons. The summed E-state index contributed by atoms with van der Waals surface area (Å²) >= 11 is 2.85. The molecule has 1 atom stereocenters. The molecular formula is C13H16N4OS2. The van der Waals surface area contributed by atoms with Crippen LogP contribution in [0.3, 0.4) is 0 Å². The van der Waals surface area contributed by atoms with Gasteiger partial charge in [0.15, 0.2) is 0 Å². The minimum atomic E-state index is -0.168. The highest BCUT2D eigenvalue weighted by atomic mass is 32.1. The monoisotopic (exact) mass is 308 g/mol. The number of carbonyl (C=O) groups excluding carboxylic acids is 1. The van der Waals surface area contributed by atoms with E-state index in [9.17, 15) is 4.79 Å². The second-order valence-electron chi connectivity index (χ2n) is 4.95. The molecule has 0 radical (unpaired) electrons.